The van der Waals surface area contributed by atoms with Gasteiger partial charge in [0.25, 0.3) is 5.91 Å². The molecule has 1 rings (SSSR count). The van der Waals surface area contributed by atoms with Crippen LogP contribution in [0, 0.1) is 5.92 Å². The van der Waals surface area contributed by atoms with Crippen LogP contribution in [0.3, 0.4) is 0 Å². The van der Waals surface area contributed by atoms with Gasteiger partial charge in [-0.25, -0.2) is 0 Å². The van der Waals surface area contributed by atoms with Gasteiger partial charge in [-0.15, -0.1) is 0 Å². The zero-order valence-corrected chi connectivity index (χ0v) is 13.5. The minimum absolute atomic E-state index is 0.00897. The van der Waals surface area contributed by atoms with Gasteiger partial charge in [0.1, 0.15) is 0 Å². The quantitative estimate of drug-likeness (QED) is 0.801. The minimum Gasteiger partial charge on any atom is -0.354 e. The maximum atomic E-state index is 11.8. The van der Waals surface area contributed by atoms with Gasteiger partial charge in [-0.1, -0.05) is 42.6 Å². The number of carbonyl (C=O) groups is 2. The Kier molecular flexibility index (Phi) is 7.30. The van der Waals surface area contributed by atoms with E-state index in [4.69, 9.17) is 0 Å². The van der Waals surface area contributed by atoms with Crippen molar-refractivity contribution in [3.05, 3.63) is 34.3 Å². The Morgan fingerprint density at radius 1 is 1.10 bits per heavy atom. The highest BCUT2D eigenvalue weighted by Gasteiger charge is 2.09. The average Bonchev–Trinajstić information content (AvgIpc) is 2.46. The molecule has 0 unspecified atom stereocenters. The Hall–Kier alpha value is -1.36. The number of nitrogens with one attached hydrogen (secondary N) is 2. The molecule has 0 bridgehead atoms. The summed E-state index contributed by atoms with van der Waals surface area (Å²) in [7, 11) is 0. The lowest BCUT2D eigenvalue weighted by Crippen LogP contribution is -2.38. The second-order valence-corrected chi connectivity index (χ2v) is 5.59. The van der Waals surface area contributed by atoms with Crippen molar-refractivity contribution in [3.63, 3.8) is 0 Å². The largest absolute Gasteiger partial charge is 0.354 e. The molecule has 0 fully saturated rings. The highest BCUT2D eigenvalue weighted by molar-refractivity contribution is 9.10. The van der Waals surface area contributed by atoms with Crippen molar-refractivity contribution >= 4 is 27.7 Å². The van der Waals surface area contributed by atoms with E-state index in [9.17, 15) is 9.59 Å². The van der Waals surface area contributed by atoms with Gasteiger partial charge in [0.2, 0.25) is 5.91 Å². The molecule has 0 aliphatic rings. The van der Waals surface area contributed by atoms with Crippen LogP contribution in [0.25, 0.3) is 0 Å². The van der Waals surface area contributed by atoms with E-state index in [-0.39, 0.29) is 18.4 Å². The van der Waals surface area contributed by atoms with Crippen LogP contribution in [0.15, 0.2) is 28.7 Å². The van der Waals surface area contributed by atoms with Crippen LogP contribution in [0.2, 0.25) is 0 Å². The molecule has 1 aromatic rings. The molecule has 0 spiro atoms. The molecule has 0 saturated heterocycles. The van der Waals surface area contributed by atoms with E-state index in [0.717, 1.165) is 17.3 Å². The van der Waals surface area contributed by atoms with Crippen molar-refractivity contribution in [2.45, 2.75) is 26.7 Å². The van der Waals surface area contributed by atoms with Crippen LogP contribution in [0.5, 0.6) is 0 Å². The molecule has 0 aliphatic heterocycles. The molecule has 0 aliphatic carbocycles. The third-order valence-corrected chi connectivity index (χ3v) is 3.79. The number of hydrogen-bond acceptors (Lipinski definition) is 2. The first-order chi connectivity index (χ1) is 9.56. The first-order valence-corrected chi connectivity index (χ1v) is 7.66. The summed E-state index contributed by atoms with van der Waals surface area (Å²) in [6.45, 7) is 4.89. The van der Waals surface area contributed by atoms with Gasteiger partial charge in [-0.05, 0) is 30.2 Å². The Labute approximate surface area is 128 Å². The van der Waals surface area contributed by atoms with Crippen molar-refractivity contribution in [3.8, 4) is 0 Å². The predicted molar refractivity (Wildman–Crippen MR) is 83.6 cm³/mol. The van der Waals surface area contributed by atoms with Crippen molar-refractivity contribution in [1.29, 1.82) is 0 Å². The molecule has 20 heavy (non-hydrogen) atoms. The van der Waals surface area contributed by atoms with E-state index in [2.05, 4.69) is 40.4 Å². The number of benzene rings is 1. The van der Waals surface area contributed by atoms with Crippen LogP contribution in [0.1, 0.15) is 37.0 Å². The summed E-state index contributed by atoms with van der Waals surface area (Å²) in [5.74, 6) is 0.110. The van der Waals surface area contributed by atoms with E-state index in [0.29, 0.717) is 18.0 Å². The zero-order valence-electron chi connectivity index (χ0n) is 11.9. The molecular formula is C15H21BrN2O2. The van der Waals surface area contributed by atoms with Crippen LogP contribution in [-0.2, 0) is 4.79 Å². The van der Waals surface area contributed by atoms with Gasteiger partial charge in [0.15, 0.2) is 0 Å². The standard InChI is InChI=1S/C15H21BrN2O2/c1-3-11(4-2)9-17-14(19)10-18-15(20)12-5-7-13(16)8-6-12/h5-8,11H,3-4,9-10H2,1-2H3,(H,17,19)(H,18,20). The summed E-state index contributed by atoms with van der Waals surface area (Å²) in [5.41, 5.74) is 0.543. The van der Waals surface area contributed by atoms with Gasteiger partial charge in [-0.2, -0.15) is 0 Å². The summed E-state index contributed by atoms with van der Waals surface area (Å²) in [5, 5.41) is 5.45. The van der Waals surface area contributed by atoms with E-state index < -0.39 is 0 Å². The molecule has 2 amide bonds. The van der Waals surface area contributed by atoms with E-state index in [1.807, 2.05) is 0 Å². The van der Waals surface area contributed by atoms with Gasteiger partial charge < -0.3 is 10.6 Å². The number of halogens is 1. The normalized spacial score (nSPS) is 10.4. The van der Waals surface area contributed by atoms with E-state index in [1.165, 1.54) is 0 Å². The molecule has 110 valence electrons. The number of carbonyl (C=O) groups excluding carboxylic acids is 2. The summed E-state index contributed by atoms with van der Waals surface area (Å²) in [6, 6.07) is 7.01. The SMILES string of the molecule is CCC(CC)CNC(=O)CNC(=O)c1ccc(Br)cc1. The van der Waals surface area contributed by atoms with Crippen LogP contribution in [-0.4, -0.2) is 24.9 Å². The Morgan fingerprint density at radius 2 is 1.70 bits per heavy atom. The third-order valence-electron chi connectivity index (χ3n) is 3.26. The molecule has 0 saturated carbocycles. The minimum atomic E-state index is -0.241. The Balaban J connectivity index is 2.33. The molecule has 0 radical (unpaired) electrons. The highest BCUT2D eigenvalue weighted by Crippen LogP contribution is 2.10. The van der Waals surface area contributed by atoms with Crippen molar-refractivity contribution in [2.75, 3.05) is 13.1 Å². The highest BCUT2D eigenvalue weighted by atomic mass is 79.9. The molecule has 5 heteroatoms. The molecule has 2 N–H and O–H groups in total. The van der Waals surface area contributed by atoms with E-state index >= 15 is 0 Å². The topological polar surface area (TPSA) is 58.2 Å². The van der Waals surface area contributed by atoms with Crippen molar-refractivity contribution in [1.82, 2.24) is 10.6 Å². The predicted octanol–water partition coefficient (Wildman–Crippen LogP) is 2.73. The average molecular weight is 341 g/mol. The molecule has 0 aromatic heterocycles. The molecule has 0 atom stereocenters. The lowest BCUT2D eigenvalue weighted by atomic mass is 10.0. The van der Waals surface area contributed by atoms with E-state index in [1.54, 1.807) is 24.3 Å². The summed E-state index contributed by atoms with van der Waals surface area (Å²) in [4.78, 5) is 23.4. The third kappa shape index (κ3) is 5.74. The van der Waals surface area contributed by atoms with Gasteiger partial charge in [-0.3, -0.25) is 9.59 Å². The zero-order chi connectivity index (χ0) is 15.0. The molecular weight excluding hydrogens is 320 g/mol. The molecule has 1 aromatic carbocycles. The number of hydrogen-bond donors (Lipinski definition) is 2. The lowest BCUT2D eigenvalue weighted by molar-refractivity contribution is -0.120. The summed E-state index contributed by atoms with van der Waals surface area (Å²) in [6.07, 6.45) is 2.09. The molecule has 4 nitrogen and oxygen atoms in total. The maximum absolute atomic E-state index is 11.8. The van der Waals surface area contributed by atoms with Gasteiger partial charge in [0.05, 0.1) is 6.54 Å². The van der Waals surface area contributed by atoms with Crippen LogP contribution in [0.4, 0.5) is 0 Å². The fourth-order valence-corrected chi connectivity index (χ4v) is 2.03. The smallest absolute Gasteiger partial charge is 0.251 e. The monoisotopic (exact) mass is 340 g/mol. The van der Waals surface area contributed by atoms with Crippen molar-refractivity contribution in [2.24, 2.45) is 5.92 Å². The Morgan fingerprint density at radius 3 is 2.25 bits per heavy atom. The fourth-order valence-electron chi connectivity index (χ4n) is 1.76. The number of amides is 2. The Bertz CT molecular complexity index is 442. The van der Waals surface area contributed by atoms with Gasteiger partial charge in [0, 0.05) is 16.6 Å². The van der Waals surface area contributed by atoms with Gasteiger partial charge >= 0.3 is 0 Å². The first-order valence-electron chi connectivity index (χ1n) is 6.87. The maximum Gasteiger partial charge on any atom is 0.251 e. The first kappa shape index (κ1) is 16.7. The number of rotatable bonds is 7. The summed E-state index contributed by atoms with van der Waals surface area (Å²) >= 11 is 3.31. The lowest BCUT2D eigenvalue weighted by Gasteiger charge is -2.13. The van der Waals surface area contributed by atoms with Crippen LogP contribution >= 0.6 is 15.9 Å². The molecule has 0 heterocycles. The second kappa shape index (κ2) is 8.74. The fraction of sp³-hybridized carbons (Fsp3) is 0.467. The second-order valence-electron chi connectivity index (χ2n) is 4.68. The summed E-state index contributed by atoms with van der Waals surface area (Å²) < 4.78 is 0.914. The van der Waals surface area contributed by atoms with Crippen molar-refractivity contribution < 1.29 is 9.59 Å². The van der Waals surface area contributed by atoms with Crippen LogP contribution < -0.4 is 10.6 Å².